The van der Waals surface area contributed by atoms with Gasteiger partial charge in [0.1, 0.15) is 5.54 Å². The van der Waals surface area contributed by atoms with E-state index in [2.05, 4.69) is 268 Å². The zero-order valence-corrected chi connectivity index (χ0v) is 41.1. The van der Waals surface area contributed by atoms with Gasteiger partial charge in [0.2, 0.25) is 0 Å². The minimum Gasteiger partial charge on any atom is -0.359 e. The molecule has 72 heavy (non-hydrogen) atoms. The Morgan fingerprint density at radius 3 is 1.25 bits per heavy atom. The molecule has 0 N–H and O–H groups in total. The third-order valence-corrected chi connectivity index (χ3v) is 16.9. The average Bonchev–Trinajstić information content (AvgIpc) is 4.13. The molecule has 344 valence electrons. The fourth-order valence-corrected chi connectivity index (χ4v) is 13.9. The molecule has 4 aliphatic rings. The van der Waals surface area contributed by atoms with Crippen molar-refractivity contribution in [3.8, 4) is 44.5 Å². The van der Waals surface area contributed by atoms with Crippen LogP contribution in [0.4, 0.5) is 0 Å². The molecule has 0 unspecified atom stereocenters. The zero-order chi connectivity index (χ0) is 48.3. The van der Waals surface area contributed by atoms with Crippen molar-refractivity contribution in [1.82, 2.24) is 14.8 Å². The Balaban J connectivity index is 1.07. The molecule has 0 saturated heterocycles. The SMILES string of the molecule is CC1=CN(C2(c3cccc(C4(c5cccc(C6(c7cc(-c8c(C)cccc8C)ccn7)c7ccccc7-c7ccccc76)c5)c5ccccc5-c5ccccc54)c3)c3ccccc3-c3ccccc32)CN1C. The maximum Gasteiger partial charge on any atom is 0.118 e. The highest BCUT2D eigenvalue weighted by Crippen LogP contribution is 2.61. The summed E-state index contributed by atoms with van der Waals surface area (Å²) < 4.78 is 0. The van der Waals surface area contributed by atoms with Gasteiger partial charge in [0.05, 0.1) is 23.2 Å². The van der Waals surface area contributed by atoms with Crippen LogP contribution in [0, 0.1) is 13.8 Å². The van der Waals surface area contributed by atoms with Crippen molar-refractivity contribution < 1.29 is 0 Å². The summed E-state index contributed by atoms with van der Waals surface area (Å²) in [4.78, 5) is 10.4. The number of aromatic nitrogens is 1. The Morgan fingerprint density at radius 2 is 0.778 bits per heavy atom. The van der Waals surface area contributed by atoms with Crippen LogP contribution in [0.15, 0.2) is 243 Å². The van der Waals surface area contributed by atoms with E-state index in [9.17, 15) is 0 Å². The molecule has 0 saturated carbocycles. The van der Waals surface area contributed by atoms with E-state index in [-0.39, 0.29) is 0 Å². The monoisotopic (exact) mass is 923 g/mol. The molecule has 10 aromatic rings. The second-order valence-electron chi connectivity index (χ2n) is 20.4. The minimum absolute atomic E-state index is 0.594. The zero-order valence-electron chi connectivity index (χ0n) is 41.1. The number of nitrogens with zero attached hydrogens (tertiary/aromatic N) is 3. The van der Waals surface area contributed by atoms with Crippen molar-refractivity contribution in [2.24, 2.45) is 0 Å². The molecule has 0 amide bonds. The van der Waals surface area contributed by atoms with E-state index in [1.54, 1.807) is 0 Å². The van der Waals surface area contributed by atoms with Gasteiger partial charge < -0.3 is 9.80 Å². The first-order valence-electron chi connectivity index (χ1n) is 25.4. The van der Waals surface area contributed by atoms with Gasteiger partial charge in [-0.15, -0.1) is 0 Å². The maximum absolute atomic E-state index is 5.46. The molecule has 1 aliphatic heterocycles. The molecule has 14 rings (SSSR count). The first kappa shape index (κ1) is 42.4. The number of hydrogen-bond acceptors (Lipinski definition) is 3. The summed E-state index contributed by atoms with van der Waals surface area (Å²) in [7, 11) is 2.21. The Morgan fingerprint density at radius 1 is 0.389 bits per heavy atom. The largest absolute Gasteiger partial charge is 0.359 e. The van der Waals surface area contributed by atoms with Crippen molar-refractivity contribution in [2.45, 2.75) is 37.1 Å². The standard InChI is InChI=1S/C69H53N3/c1-45-20-17-21-46(2)66(45)48-38-39-70-65(40-48)68(61-34-13-7-28-55(61)56-29-8-14-35-62(56)68)51-24-18-22-49(41-51)67(59-32-11-5-26-53(59)54-27-6-12-33-60(54)67)50-23-19-25-52(42-50)69(72-43-47(3)71(4)44-72)63-36-15-9-30-57(63)58-31-10-16-37-64(58)69/h5-43H,44H2,1-4H3. The third-order valence-electron chi connectivity index (χ3n) is 16.9. The van der Waals surface area contributed by atoms with Gasteiger partial charge in [0, 0.05) is 25.1 Å². The smallest absolute Gasteiger partial charge is 0.118 e. The molecule has 3 aliphatic carbocycles. The van der Waals surface area contributed by atoms with Gasteiger partial charge in [-0.1, -0.05) is 212 Å². The molecule has 3 nitrogen and oxygen atoms in total. The topological polar surface area (TPSA) is 19.4 Å². The van der Waals surface area contributed by atoms with Gasteiger partial charge in [-0.3, -0.25) is 4.98 Å². The first-order valence-corrected chi connectivity index (χ1v) is 25.4. The van der Waals surface area contributed by atoms with E-state index in [0.29, 0.717) is 0 Å². The molecular weight excluding hydrogens is 871 g/mol. The van der Waals surface area contributed by atoms with E-state index >= 15 is 0 Å². The molecule has 1 aromatic heterocycles. The van der Waals surface area contributed by atoms with Crippen LogP contribution in [0.1, 0.15) is 79.4 Å². The van der Waals surface area contributed by atoms with Gasteiger partial charge in [0.25, 0.3) is 0 Å². The lowest BCUT2D eigenvalue weighted by Gasteiger charge is -2.43. The fraction of sp³-hybridized carbons (Fsp3) is 0.116. The van der Waals surface area contributed by atoms with Crippen LogP contribution < -0.4 is 0 Å². The molecule has 2 heterocycles. The molecule has 0 spiro atoms. The average molecular weight is 924 g/mol. The molecule has 9 aromatic carbocycles. The van der Waals surface area contributed by atoms with Gasteiger partial charge in [-0.25, -0.2) is 0 Å². The number of aryl methyl sites for hydroxylation is 2. The lowest BCUT2D eigenvalue weighted by Crippen LogP contribution is -2.45. The summed E-state index contributed by atoms with van der Waals surface area (Å²) >= 11 is 0. The van der Waals surface area contributed by atoms with Crippen LogP contribution in [0.3, 0.4) is 0 Å². The normalized spacial score (nSPS) is 15.8. The van der Waals surface area contributed by atoms with Crippen molar-refractivity contribution in [3.05, 3.63) is 315 Å². The fourth-order valence-electron chi connectivity index (χ4n) is 13.9. The molecule has 0 radical (unpaired) electrons. The quantitative estimate of drug-likeness (QED) is 0.159. The lowest BCUT2D eigenvalue weighted by molar-refractivity contribution is 0.195. The number of pyridine rings is 1. The summed E-state index contributed by atoms with van der Waals surface area (Å²) in [5.74, 6) is 0. The number of benzene rings is 9. The van der Waals surface area contributed by atoms with Crippen LogP contribution in [0.2, 0.25) is 0 Å². The van der Waals surface area contributed by atoms with Gasteiger partial charge in [-0.2, -0.15) is 0 Å². The van der Waals surface area contributed by atoms with Gasteiger partial charge >= 0.3 is 0 Å². The van der Waals surface area contributed by atoms with Crippen LogP contribution in [0.25, 0.3) is 44.5 Å². The Bertz CT molecular complexity index is 3740. The van der Waals surface area contributed by atoms with Gasteiger partial charge in [0.15, 0.2) is 0 Å². The highest BCUT2D eigenvalue weighted by atomic mass is 15.4. The number of allylic oxidation sites excluding steroid dienone is 1. The molecule has 0 atom stereocenters. The summed E-state index contributed by atoms with van der Waals surface area (Å²) in [6.45, 7) is 7.44. The molecular formula is C69H53N3. The number of fused-ring (bicyclic) bond motifs is 9. The van der Waals surface area contributed by atoms with Crippen LogP contribution in [-0.2, 0) is 16.4 Å². The predicted molar refractivity (Wildman–Crippen MR) is 294 cm³/mol. The first-order chi connectivity index (χ1) is 35.4. The summed E-state index contributed by atoms with van der Waals surface area (Å²) in [5, 5.41) is 0. The molecule has 0 bridgehead atoms. The van der Waals surface area contributed by atoms with Crippen molar-refractivity contribution in [1.29, 1.82) is 0 Å². The summed E-state index contributed by atoms with van der Waals surface area (Å²) in [6.07, 6.45) is 4.41. The summed E-state index contributed by atoms with van der Waals surface area (Å²) in [5.41, 5.74) is 25.4. The Kier molecular flexibility index (Phi) is 9.26. The van der Waals surface area contributed by atoms with Crippen molar-refractivity contribution >= 4 is 0 Å². The predicted octanol–water partition coefficient (Wildman–Crippen LogP) is 15.4. The second-order valence-corrected chi connectivity index (χ2v) is 20.4. The van der Waals surface area contributed by atoms with E-state index < -0.39 is 16.4 Å². The third kappa shape index (κ3) is 5.54. The second kappa shape index (κ2) is 15.7. The maximum atomic E-state index is 5.46. The van der Waals surface area contributed by atoms with E-state index in [4.69, 9.17) is 4.98 Å². The summed E-state index contributed by atoms with van der Waals surface area (Å²) in [6, 6.07) is 85.1. The Labute approximate surface area is 423 Å². The number of rotatable bonds is 7. The van der Waals surface area contributed by atoms with Crippen LogP contribution in [0.5, 0.6) is 0 Å². The molecule has 0 fully saturated rings. The van der Waals surface area contributed by atoms with Crippen molar-refractivity contribution in [3.63, 3.8) is 0 Å². The van der Waals surface area contributed by atoms with Crippen molar-refractivity contribution in [2.75, 3.05) is 13.7 Å². The highest BCUT2D eigenvalue weighted by Gasteiger charge is 2.53. The van der Waals surface area contributed by atoms with E-state index in [0.717, 1.165) is 12.4 Å². The van der Waals surface area contributed by atoms with Crippen LogP contribution >= 0.6 is 0 Å². The van der Waals surface area contributed by atoms with E-state index in [1.165, 1.54) is 117 Å². The van der Waals surface area contributed by atoms with E-state index in [1.807, 2.05) is 6.20 Å². The number of hydrogen-bond donors (Lipinski definition) is 0. The lowest BCUT2D eigenvalue weighted by atomic mass is 9.64. The van der Waals surface area contributed by atoms with Crippen LogP contribution in [-0.4, -0.2) is 28.5 Å². The highest BCUT2D eigenvalue weighted by molar-refractivity contribution is 5.90. The minimum atomic E-state index is -0.732. The Hall–Kier alpha value is -8.53. The van der Waals surface area contributed by atoms with Gasteiger partial charge in [-0.05, 0) is 144 Å². The molecule has 3 heteroatoms.